The van der Waals surface area contributed by atoms with E-state index in [1.807, 2.05) is 6.07 Å². The number of hydrogen-bond donors (Lipinski definition) is 1. The Morgan fingerprint density at radius 1 is 1.32 bits per heavy atom. The largest absolute Gasteiger partial charge is 0.490 e. The number of ether oxygens (including phenoxy) is 1. The monoisotopic (exact) mass is 265 g/mol. The minimum absolute atomic E-state index is 0.239. The van der Waals surface area contributed by atoms with E-state index in [-0.39, 0.29) is 18.0 Å². The zero-order chi connectivity index (χ0) is 13.8. The zero-order valence-corrected chi connectivity index (χ0v) is 11.9. The summed E-state index contributed by atoms with van der Waals surface area (Å²) in [5, 5.41) is 0. The van der Waals surface area contributed by atoms with E-state index >= 15 is 0 Å². The third-order valence-electron chi connectivity index (χ3n) is 4.14. The quantitative estimate of drug-likeness (QED) is 0.885. The van der Waals surface area contributed by atoms with Crippen molar-refractivity contribution in [3.8, 4) is 5.75 Å². The molecule has 0 aliphatic heterocycles. The van der Waals surface area contributed by atoms with Gasteiger partial charge in [0, 0.05) is 17.7 Å². The van der Waals surface area contributed by atoms with Crippen molar-refractivity contribution in [2.45, 2.75) is 58.1 Å². The van der Waals surface area contributed by atoms with Crippen molar-refractivity contribution in [3.63, 3.8) is 0 Å². The fourth-order valence-corrected chi connectivity index (χ4v) is 2.80. The lowest BCUT2D eigenvalue weighted by Crippen LogP contribution is -2.24. The summed E-state index contributed by atoms with van der Waals surface area (Å²) in [5.74, 6) is 1.20. The van der Waals surface area contributed by atoms with Gasteiger partial charge in [-0.15, -0.1) is 0 Å². The topological polar surface area (TPSA) is 35.2 Å². The highest BCUT2D eigenvalue weighted by atomic mass is 19.1. The van der Waals surface area contributed by atoms with Gasteiger partial charge >= 0.3 is 0 Å². The van der Waals surface area contributed by atoms with Crippen LogP contribution in [0.2, 0.25) is 0 Å². The van der Waals surface area contributed by atoms with Crippen LogP contribution in [0.25, 0.3) is 0 Å². The summed E-state index contributed by atoms with van der Waals surface area (Å²) in [7, 11) is 0. The first-order chi connectivity index (χ1) is 9.10. The van der Waals surface area contributed by atoms with E-state index < -0.39 is 0 Å². The number of benzene rings is 1. The third-order valence-corrected chi connectivity index (χ3v) is 4.14. The standard InChI is InChI=1S/C16H24FNO/c1-3-12-4-6-13(7-5-12)19-14-8-9-15(11(2)18)16(17)10-14/h8-13H,3-7,18H2,1-2H3. The van der Waals surface area contributed by atoms with E-state index in [2.05, 4.69) is 6.92 Å². The van der Waals surface area contributed by atoms with E-state index in [1.54, 1.807) is 13.0 Å². The molecule has 1 saturated carbocycles. The maximum Gasteiger partial charge on any atom is 0.131 e. The van der Waals surface area contributed by atoms with Gasteiger partial charge in [0.05, 0.1) is 6.10 Å². The van der Waals surface area contributed by atoms with Gasteiger partial charge in [-0.1, -0.05) is 19.4 Å². The molecule has 2 N–H and O–H groups in total. The van der Waals surface area contributed by atoms with Gasteiger partial charge in [0.25, 0.3) is 0 Å². The number of nitrogens with two attached hydrogens (primary N) is 1. The molecule has 1 aliphatic rings. The lowest BCUT2D eigenvalue weighted by Gasteiger charge is -2.28. The molecule has 1 aliphatic carbocycles. The van der Waals surface area contributed by atoms with E-state index in [0.717, 1.165) is 18.8 Å². The normalized spacial score (nSPS) is 25.1. The first kappa shape index (κ1) is 14.3. The van der Waals surface area contributed by atoms with Crippen molar-refractivity contribution in [2.75, 3.05) is 0 Å². The molecule has 0 radical (unpaired) electrons. The molecule has 19 heavy (non-hydrogen) atoms. The van der Waals surface area contributed by atoms with Gasteiger partial charge in [0.2, 0.25) is 0 Å². The molecule has 0 spiro atoms. The van der Waals surface area contributed by atoms with Crippen molar-refractivity contribution in [3.05, 3.63) is 29.6 Å². The van der Waals surface area contributed by atoms with Crippen LogP contribution in [0.1, 0.15) is 57.6 Å². The lowest BCUT2D eigenvalue weighted by molar-refractivity contribution is 0.129. The van der Waals surface area contributed by atoms with Crippen LogP contribution in [-0.4, -0.2) is 6.10 Å². The molecular formula is C16H24FNO. The highest BCUT2D eigenvalue weighted by molar-refractivity contribution is 5.30. The SMILES string of the molecule is CCC1CCC(Oc2ccc(C(C)N)c(F)c2)CC1. The Labute approximate surface area is 115 Å². The van der Waals surface area contributed by atoms with Crippen LogP contribution in [-0.2, 0) is 0 Å². The zero-order valence-electron chi connectivity index (χ0n) is 11.9. The molecule has 0 saturated heterocycles. The smallest absolute Gasteiger partial charge is 0.131 e. The molecule has 0 bridgehead atoms. The summed E-state index contributed by atoms with van der Waals surface area (Å²) in [6.45, 7) is 4.03. The van der Waals surface area contributed by atoms with Crippen molar-refractivity contribution < 1.29 is 9.13 Å². The van der Waals surface area contributed by atoms with Gasteiger partial charge in [-0.25, -0.2) is 4.39 Å². The molecule has 1 fully saturated rings. The number of rotatable bonds is 4. The Morgan fingerprint density at radius 3 is 2.53 bits per heavy atom. The average Bonchev–Trinajstić information content (AvgIpc) is 2.39. The highest BCUT2D eigenvalue weighted by Gasteiger charge is 2.21. The van der Waals surface area contributed by atoms with E-state index in [1.165, 1.54) is 25.3 Å². The van der Waals surface area contributed by atoms with Crippen LogP contribution in [0, 0.1) is 11.7 Å². The molecule has 0 aromatic heterocycles. The molecule has 1 aromatic rings. The van der Waals surface area contributed by atoms with Gasteiger partial charge in [0.1, 0.15) is 11.6 Å². The Balaban J connectivity index is 1.95. The van der Waals surface area contributed by atoms with Gasteiger partial charge in [-0.05, 0) is 44.6 Å². The molecule has 1 unspecified atom stereocenters. The lowest BCUT2D eigenvalue weighted by atomic mass is 9.86. The van der Waals surface area contributed by atoms with Crippen molar-refractivity contribution in [2.24, 2.45) is 11.7 Å². The number of hydrogen-bond acceptors (Lipinski definition) is 2. The van der Waals surface area contributed by atoms with Crippen molar-refractivity contribution in [1.82, 2.24) is 0 Å². The summed E-state index contributed by atoms with van der Waals surface area (Å²) in [6, 6.07) is 4.74. The summed E-state index contributed by atoms with van der Waals surface area (Å²) >= 11 is 0. The van der Waals surface area contributed by atoms with Crippen LogP contribution >= 0.6 is 0 Å². The Hall–Kier alpha value is -1.09. The van der Waals surface area contributed by atoms with Crippen LogP contribution in [0.3, 0.4) is 0 Å². The maximum atomic E-state index is 13.8. The fourth-order valence-electron chi connectivity index (χ4n) is 2.80. The summed E-state index contributed by atoms with van der Waals surface area (Å²) < 4.78 is 19.7. The molecule has 2 rings (SSSR count). The first-order valence-electron chi connectivity index (χ1n) is 7.31. The summed E-state index contributed by atoms with van der Waals surface area (Å²) in [6.07, 6.45) is 6.10. The molecule has 0 amide bonds. The van der Waals surface area contributed by atoms with Gasteiger partial charge in [-0.3, -0.25) is 0 Å². The highest BCUT2D eigenvalue weighted by Crippen LogP contribution is 2.30. The predicted molar refractivity (Wildman–Crippen MR) is 75.7 cm³/mol. The summed E-state index contributed by atoms with van der Waals surface area (Å²) in [4.78, 5) is 0. The fraction of sp³-hybridized carbons (Fsp3) is 0.625. The molecule has 1 aromatic carbocycles. The predicted octanol–water partition coefficient (Wildman–Crippen LogP) is 4.19. The second kappa shape index (κ2) is 6.38. The minimum atomic E-state index is -0.283. The molecule has 0 heterocycles. The van der Waals surface area contributed by atoms with Crippen molar-refractivity contribution in [1.29, 1.82) is 0 Å². The third kappa shape index (κ3) is 3.69. The summed E-state index contributed by atoms with van der Waals surface area (Å²) in [5.41, 5.74) is 6.24. The van der Waals surface area contributed by atoms with Gasteiger partial charge < -0.3 is 10.5 Å². The average molecular weight is 265 g/mol. The van der Waals surface area contributed by atoms with Crippen LogP contribution in [0.15, 0.2) is 18.2 Å². The Morgan fingerprint density at radius 2 is 2.00 bits per heavy atom. The molecule has 2 nitrogen and oxygen atoms in total. The van der Waals surface area contributed by atoms with Crippen LogP contribution in [0.4, 0.5) is 4.39 Å². The van der Waals surface area contributed by atoms with E-state index in [0.29, 0.717) is 11.3 Å². The number of halogens is 1. The molecule has 3 heteroatoms. The molecule has 1 atom stereocenters. The van der Waals surface area contributed by atoms with Gasteiger partial charge in [0.15, 0.2) is 0 Å². The Bertz CT molecular complexity index is 411. The maximum absolute atomic E-state index is 13.8. The van der Waals surface area contributed by atoms with Crippen molar-refractivity contribution >= 4 is 0 Å². The molecular weight excluding hydrogens is 241 g/mol. The van der Waals surface area contributed by atoms with Crippen LogP contribution in [0.5, 0.6) is 5.75 Å². The Kier molecular flexibility index (Phi) is 4.81. The van der Waals surface area contributed by atoms with E-state index in [9.17, 15) is 4.39 Å². The van der Waals surface area contributed by atoms with Crippen LogP contribution < -0.4 is 10.5 Å². The van der Waals surface area contributed by atoms with Gasteiger partial charge in [-0.2, -0.15) is 0 Å². The first-order valence-corrected chi connectivity index (χ1v) is 7.31. The van der Waals surface area contributed by atoms with E-state index in [4.69, 9.17) is 10.5 Å². The second-order valence-corrected chi connectivity index (χ2v) is 5.64. The second-order valence-electron chi connectivity index (χ2n) is 5.64. The molecule has 106 valence electrons. The minimum Gasteiger partial charge on any atom is -0.490 e.